The molecule has 2 rings (SSSR count). The van der Waals surface area contributed by atoms with Crippen molar-refractivity contribution in [3.63, 3.8) is 0 Å². The predicted molar refractivity (Wildman–Crippen MR) is 62.5 cm³/mol. The van der Waals surface area contributed by atoms with E-state index in [2.05, 4.69) is 4.98 Å². The highest BCUT2D eigenvalue weighted by molar-refractivity contribution is 5.86. The van der Waals surface area contributed by atoms with E-state index < -0.39 is 5.91 Å². The first kappa shape index (κ1) is 10.6. The van der Waals surface area contributed by atoms with Gasteiger partial charge in [-0.25, -0.2) is 0 Å². The molecule has 2 aromatic rings. The normalized spacial score (nSPS) is 12.6. The van der Waals surface area contributed by atoms with Gasteiger partial charge in [0.25, 0.3) is 0 Å². The molecule has 0 bridgehead atoms. The molecular weight excluding hydrogens is 202 g/mol. The van der Waals surface area contributed by atoms with Crippen LogP contribution in [0.2, 0.25) is 0 Å². The zero-order valence-electron chi connectivity index (χ0n) is 8.76. The second kappa shape index (κ2) is 4.28. The number of amides is 1. The van der Waals surface area contributed by atoms with E-state index in [0.29, 0.717) is 0 Å². The van der Waals surface area contributed by atoms with Crippen LogP contribution in [0.3, 0.4) is 0 Å². The van der Waals surface area contributed by atoms with Gasteiger partial charge in [0, 0.05) is 30.2 Å². The quantitative estimate of drug-likeness (QED) is 0.804. The minimum Gasteiger partial charge on any atom is -0.370 e. The average molecular weight is 215 g/mol. The van der Waals surface area contributed by atoms with E-state index in [0.717, 1.165) is 16.3 Å². The molecule has 0 aliphatic heterocycles. The summed E-state index contributed by atoms with van der Waals surface area (Å²) in [4.78, 5) is 14.9. The number of benzene rings is 1. The lowest BCUT2D eigenvalue weighted by molar-refractivity contribution is -0.118. The van der Waals surface area contributed by atoms with Gasteiger partial charge in [-0.2, -0.15) is 0 Å². The Hall–Kier alpha value is -1.94. The number of nitrogens with zero attached hydrogens (tertiary/aromatic N) is 1. The van der Waals surface area contributed by atoms with Crippen LogP contribution in [0.1, 0.15) is 18.0 Å². The number of fused-ring (bicyclic) bond motifs is 1. The SMILES string of the molecule is NC(=O)CC(N)c1cccc2cnccc12. The van der Waals surface area contributed by atoms with Crippen LogP contribution < -0.4 is 11.5 Å². The summed E-state index contributed by atoms with van der Waals surface area (Å²) >= 11 is 0. The fraction of sp³-hybridized carbons (Fsp3) is 0.167. The Bertz CT molecular complexity index is 519. The van der Waals surface area contributed by atoms with E-state index in [1.165, 1.54) is 0 Å². The van der Waals surface area contributed by atoms with E-state index in [-0.39, 0.29) is 12.5 Å². The van der Waals surface area contributed by atoms with Gasteiger partial charge in [-0.3, -0.25) is 9.78 Å². The van der Waals surface area contributed by atoms with Crippen molar-refractivity contribution >= 4 is 16.7 Å². The first-order valence-electron chi connectivity index (χ1n) is 5.05. The molecule has 0 saturated carbocycles. The van der Waals surface area contributed by atoms with Gasteiger partial charge in [0.15, 0.2) is 0 Å². The zero-order chi connectivity index (χ0) is 11.5. The molecule has 4 N–H and O–H groups in total. The summed E-state index contributed by atoms with van der Waals surface area (Å²) in [7, 11) is 0. The molecule has 0 aliphatic rings. The summed E-state index contributed by atoms with van der Waals surface area (Å²) in [6.07, 6.45) is 3.64. The van der Waals surface area contributed by atoms with Crippen molar-refractivity contribution in [2.45, 2.75) is 12.5 Å². The third-order valence-electron chi connectivity index (χ3n) is 2.54. The number of aromatic nitrogens is 1. The van der Waals surface area contributed by atoms with E-state index in [1.807, 2.05) is 24.3 Å². The summed E-state index contributed by atoms with van der Waals surface area (Å²) in [5, 5.41) is 2.03. The molecule has 1 aromatic carbocycles. The molecule has 1 amide bonds. The maximum Gasteiger partial charge on any atom is 0.219 e. The first-order chi connectivity index (χ1) is 7.68. The molecule has 0 aliphatic carbocycles. The van der Waals surface area contributed by atoms with Crippen LogP contribution in [0.25, 0.3) is 10.8 Å². The van der Waals surface area contributed by atoms with Gasteiger partial charge >= 0.3 is 0 Å². The number of carbonyl (C=O) groups excluding carboxylic acids is 1. The number of primary amides is 1. The van der Waals surface area contributed by atoms with Crippen molar-refractivity contribution in [3.05, 3.63) is 42.2 Å². The summed E-state index contributed by atoms with van der Waals surface area (Å²) in [5.41, 5.74) is 12.0. The Morgan fingerprint density at radius 3 is 2.94 bits per heavy atom. The Morgan fingerprint density at radius 2 is 2.19 bits per heavy atom. The maximum absolute atomic E-state index is 10.8. The van der Waals surface area contributed by atoms with Gasteiger partial charge in [0.1, 0.15) is 0 Å². The number of rotatable bonds is 3. The van der Waals surface area contributed by atoms with E-state index >= 15 is 0 Å². The van der Waals surface area contributed by atoms with Crippen LogP contribution in [0.5, 0.6) is 0 Å². The summed E-state index contributed by atoms with van der Waals surface area (Å²) < 4.78 is 0. The van der Waals surface area contributed by atoms with Crippen LogP contribution in [-0.2, 0) is 4.79 Å². The molecule has 1 atom stereocenters. The third-order valence-corrected chi connectivity index (χ3v) is 2.54. The van der Waals surface area contributed by atoms with Crippen molar-refractivity contribution in [2.24, 2.45) is 11.5 Å². The Labute approximate surface area is 93.3 Å². The lowest BCUT2D eigenvalue weighted by atomic mass is 9.98. The van der Waals surface area contributed by atoms with Gasteiger partial charge in [0.2, 0.25) is 5.91 Å². The number of nitrogens with two attached hydrogens (primary N) is 2. The predicted octanol–water partition coefficient (Wildman–Crippen LogP) is 1.11. The number of hydrogen-bond acceptors (Lipinski definition) is 3. The molecule has 82 valence electrons. The highest BCUT2D eigenvalue weighted by atomic mass is 16.1. The maximum atomic E-state index is 10.8. The van der Waals surface area contributed by atoms with Crippen LogP contribution >= 0.6 is 0 Å². The van der Waals surface area contributed by atoms with Crippen LogP contribution in [0, 0.1) is 0 Å². The van der Waals surface area contributed by atoms with Crippen LogP contribution in [0.15, 0.2) is 36.7 Å². The molecule has 1 heterocycles. The van der Waals surface area contributed by atoms with E-state index in [1.54, 1.807) is 12.4 Å². The smallest absolute Gasteiger partial charge is 0.219 e. The van der Waals surface area contributed by atoms with Crippen molar-refractivity contribution in [3.8, 4) is 0 Å². The lowest BCUT2D eigenvalue weighted by Gasteiger charge is -2.12. The molecule has 0 radical (unpaired) electrons. The first-order valence-corrected chi connectivity index (χ1v) is 5.05. The Balaban J connectivity index is 2.47. The summed E-state index contributed by atoms with van der Waals surface area (Å²) in [5.74, 6) is -0.390. The molecule has 1 aromatic heterocycles. The van der Waals surface area contributed by atoms with Crippen LogP contribution in [0.4, 0.5) is 0 Å². The second-order valence-electron chi connectivity index (χ2n) is 3.72. The van der Waals surface area contributed by atoms with E-state index in [4.69, 9.17) is 11.5 Å². The lowest BCUT2D eigenvalue weighted by Crippen LogP contribution is -2.20. The molecule has 0 saturated heterocycles. The van der Waals surface area contributed by atoms with Gasteiger partial charge in [-0.1, -0.05) is 18.2 Å². The summed E-state index contributed by atoms with van der Waals surface area (Å²) in [6, 6.07) is 7.31. The number of hydrogen-bond donors (Lipinski definition) is 2. The van der Waals surface area contributed by atoms with Gasteiger partial charge < -0.3 is 11.5 Å². The standard InChI is InChI=1S/C12H13N3O/c13-11(6-12(14)16)10-3-1-2-8-7-15-5-4-9(8)10/h1-5,7,11H,6,13H2,(H2,14,16). The molecule has 16 heavy (non-hydrogen) atoms. The monoisotopic (exact) mass is 215 g/mol. The molecule has 1 unspecified atom stereocenters. The van der Waals surface area contributed by atoms with Crippen molar-refractivity contribution in [2.75, 3.05) is 0 Å². The highest BCUT2D eigenvalue weighted by Gasteiger charge is 2.11. The molecule has 4 heteroatoms. The minimum absolute atomic E-state index is 0.154. The zero-order valence-corrected chi connectivity index (χ0v) is 8.76. The van der Waals surface area contributed by atoms with Crippen molar-refractivity contribution in [1.82, 2.24) is 4.98 Å². The van der Waals surface area contributed by atoms with E-state index in [9.17, 15) is 4.79 Å². The highest BCUT2D eigenvalue weighted by Crippen LogP contribution is 2.23. The van der Waals surface area contributed by atoms with Gasteiger partial charge in [-0.15, -0.1) is 0 Å². The van der Waals surface area contributed by atoms with Gasteiger partial charge in [-0.05, 0) is 17.0 Å². The summed E-state index contributed by atoms with van der Waals surface area (Å²) in [6.45, 7) is 0. The van der Waals surface area contributed by atoms with Crippen molar-refractivity contribution in [1.29, 1.82) is 0 Å². The Morgan fingerprint density at radius 1 is 1.38 bits per heavy atom. The third kappa shape index (κ3) is 2.01. The molecule has 4 nitrogen and oxygen atoms in total. The molecule has 0 fully saturated rings. The van der Waals surface area contributed by atoms with Crippen molar-refractivity contribution < 1.29 is 4.79 Å². The number of carbonyl (C=O) groups is 1. The fourth-order valence-corrected chi connectivity index (χ4v) is 1.80. The number of pyridine rings is 1. The fourth-order valence-electron chi connectivity index (χ4n) is 1.80. The topological polar surface area (TPSA) is 82.0 Å². The minimum atomic E-state index is -0.390. The molecule has 0 spiro atoms. The largest absolute Gasteiger partial charge is 0.370 e. The average Bonchev–Trinajstić information content (AvgIpc) is 2.27. The van der Waals surface area contributed by atoms with Gasteiger partial charge in [0.05, 0.1) is 0 Å². The molecular formula is C12H13N3O. The second-order valence-corrected chi connectivity index (χ2v) is 3.72. The van der Waals surface area contributed by atoms with Crippen LogP contribution in [-0.4, -0.2) is 10.9 Å². The Kier molecular flexibility index (Phi) is 2.83.